The van der Waals surface area contributed by atoms with Gasteiger partial charge in [0.2, 0.25) is 0 Å². The number of rotatable bonds is 9. The fourth-order valence-electron chi connectivity index (χ4n) is 3.27. The first-order valence-corrected chi connectivity index (χ1v) is 10.2. The molecule has 4 rings (SSSR count). The normalized spacial score (nSPS) is 10.6. The Morgan fingerprint density at radius 3 is 2.58 bits per heavy atom. The number of nitrogens with zero attached hydrogens (tertiary/aromatic N) is 5. The van der Waals surface area contributed by atoms with Gasteiger partial charge in [0.05, 0.1) is 43.0 Å². The number of nitriles is 1. The Balaban J connectivity index is 1.63. The molecule has 31 heavy (non-hydrogen) atoms. The van der Waals surface area contributed by atoms with Gasteiger partial charge >= 0.3 is 0 Å². The van der Waals surface area contributed by atoms with Gasteiger partial charge in [0.1, 0.15) is 18.4 Å². The number of furan rings is 1. The summed E-state index contributed by atoms with van der Waals surface area (Å²) >= 11 is 0. The summed E-state index contributed by atoms with van der Waals surface area (Å²) < 4.78 is 12.8. The van der Waals surface area contributed by atoms with Crippen molar-refractivity contribution in [3.63, 3.8) is 0 Å². The van der Waals surface area contributed by atoms with Crippen molar-refractivity contribution in [1.82, 2.24) is 14.9 Å². The maximum absolute atomic E-state index is 9.54. The first kappa shape index (κ1) is 20.2. The van der Waals surface area contributed by atoms with E-state index in [9.17, 15) is 5.26 Å². The molecule has 0 saturated heterocycles. The van der Waals surface area contributed by atoms with Crippen LogP contribution in [0.4, 0.5) is 5.69 Å². The standard InChI is InChI=1S/C24H23N5O2/c1-2-3-11-31-23-8-4-19(5-9-23)15-29(28-17-26-27-18-28)22-7-6-20(14-25)24(13-22)21-10-12-30-16-21/h4-10,12-13,16-18H,2-3,11,15H2,1H3. The maximum atomic E-state index is 9.54. The zero-order chi connectivity index (χ0) is 21.5. The molecule has 7 heteroatoms. The van der Waals surface area contributed by atoms with Crippen LogP contribution in [-0.2, 0) is 6.54 Å². The van der Waals surface area contributed by atoms with Crippen molar-refractivity contribution in [2.24, 2.45) is 0 Å². The summed E-state index contributed by atoms with van der Waals surface area (Å²) in [5.74, 6) is 0.869. The minimum Gasteiger partial charge on any atom is -0.494 e. The number of benzene rings is 2. The van der Waals surface area contributed by atoms with Crippen molar-refractivity contribution in [1.29, 1.82) is 5.26 Å². The summed E-state index contributed by atoms with van der Waals surface area (Å²) in [5, 5.41) is 19.5. The predicted molar refractivity (Wildman–Crippen MR) is 117 cm³/mol. The molecule has 0 saturated carbocycles. The Kier molecular flexibility index (Phi) is 6.29. The van der Waals surface area contributed by atoms with E-state index in [2.05, 4.69) is 35.3 Å². The zero-order valence-corrected chi connectivity index (χ0v) is 17.3. The molecule has 0 amide bonds. The van der Waals surface area contributed by atoms with Crippen LogP contribution in [0, 0.1) is 11.3 Å². The van der Waals surface area contributed by atoms with Crippen LogP contribution in [0.15, 0.2) is 78.1 Å². The molecule has 156 valence electrons. The zero-order valence-electron chi connectivity index (χ0n) is 17.3. The Hall–Kier alpha value is -4.05. The quantitative estimate of drug-likeness (QED) is 0.357. The fourth-order valence-corrected chi connectivity index (χ4v) is 3.27. The Bertz CT molecular complexity index is 1130. The Morgan fingerprint density at radius 1 is 1.10 bits per heavy atom. The van der Waals surface area contributed by atoms with Crippen LogP contribution in [0.2, 0.25) is 0 Å². The van der Waals surface area contributed by atoms with Gasteiger partial charge in [0.15, 0.2) is 0 Å². The van der Waals surface area contributed by atoms with Crippen molar-refractivity contribution >= 4 is 5.69 Å². The lowest BCUT2D eigenvalue weighted by atomic mass is 10.0. The number of aromatic nitrogens is 3. The first-order valence-electron chi connectivity index (χ1n) is 10.2. The lowest BCUT2D eigenvalue weighted by molar-refractivity contribution is 0.309. The molecule has 2 aromatic carbocycles. The summed E-state index contributed by atoms with van der Waals surface area (Å²) in [7, 11) is 0. The van der Waals surface area contributed by atoms with E-state index < -0.39 is 0 Å². The highest BCUT2D eigenvalue weighted by atomic mass is 16.5. The largest absolute Gasteiger partial charge is 0.494 e. The van der Waals surface area contributed by atoms with Crippen LogP contribution in [0.5, 0.6) is 5.75 Å². The molecule has 0 aliphatic rings. The van der Waals surface area contributed by atoms with E-state index in [0.29, 0.717) is 12.1 Å². The van der Waals surface area contributed by atoms with E-state index in [-0.39, 0.29) is 0 Å². The molecular weight excluding hydrogens is 390 g/mol. The van der Waals surface area contributed by atoms with Gasteiger partial charge in [-0.25, -0.2) is 4.68 Å². The van der Waals surface area contributed by atoms with Crippen molar-refractivity contribution in [3.8, 4) is 22.9 Å². The lowest BCUT2D eigenvalue weighted by Gasteiger charge is -2.26. The number of hydrogen-bond acceptors (Lipinski definition) is 6. The molecule has 0 bridgehead atoms. The van der Waals surface area contributed by atoms with Crippen molar-refractivity contribution in [3.05, 3.63) is 84.8 Å². The molecule has 0 unspecified atom stereocenters. The third kappa shape index (κ3) is 4.75. The average molecular weight is 413 g/mol. The highest BCUT2D eigenvalue weighted by Gasteiger charge is 2.14. The van der Waals surface area contributed by atoms with Gasteiger partial charge in [-0.2, -0.15) is 5.26 Å². The number of ether oxygens (including phenoxy) is 1. The molecule has 0 N–H and O–H groups in total. The smallest absolute Gasteiger partial charge is 0.139 e. The van der Waals surface area contributed by atoms with E-state index in [1.54, 1.807) is 25.2 Å². The molecular formula is C24H23N5O2. The van der Waals surface area contributed by atoms with Crippen LogP contribution in [0.3, 0.4) is 0 Å². The second-order valence-corrected chi connectivity index (χ2v) is 7.10. The molecule has 2 heterocycles. The van der Waals surface area contributed by atoms with E-state index in [1.165, 1.54) is 0 Å². The highest BCUT2D eigenvalue weighted by Crippen LogP contribution is 2.30. The molecule has 7 nitrogen and oxygen atoms in total. The Morgan fingerprint density at radius 2 is 1.90 bits per heavy atom. The van der Waals surface area contributed by atoms with Crippen molar-refractivity contribution in [2.75, 3.05) is 11.6 Å². The second-order valence-electron chi connectivity index (χ2n) is 7.10. The van der Waals surface area contributed by atoms with Gasteiger partial charge in [-0.05, 0) is 48.4 Å². The third-order valence-corrected chi connectivity index (χ3v) is 4.96. The molecule has 0 aliphatic carbocycles. The minimum absolute atomic E-state index is 0.586. The van der Waals surface area contributed by atoms with E-state index in [1.807, 2.05) is 46.1 Å². The lowest BCUT2D eigenvalue weighted by Crippen LogP contribution is -2.27. The molecule has 0 spiro atoms. The summed E-state index contributed by atoms with van der Waals surface area (Å²) in [4.78, 5) is 0. The maximum Gasteiger partial charge on any atom is 0.139 e. The summed E-state index contributed by atoms with van der Waals surface area (Å²) in [5.41, 5.74) is 4.26. The van der Waals surface area contributed by atoms with Crippen LogP contribution < -0.4 is 9.75 Å². The van der Waals surface area contributed by atoms with E-state index >= 15 is 0 Å². The summed E-state index contributed by atoms with van der Waals surface area (Å²) in [6.07, 6.45) is 8.69. The topological polar surface area (TPSA) is 80.1 Å². The molecule has 0 atom stereocenters. The predicted octanol–water partition coefficient (Wildman–Crippen LogP) is 5.06. The number of anilines is 1. The van der Waals surface area contributed by atoms with Gasteiger partial charge in [0.25, 0.3) is 0 Å². The number of unbranched alkanes of at least 4 members (excludes halogenated alkanes) is 1. The van der Waals surface area contributed by atoms with Gasteiger partial charge in [-0.1, -0.05) is 25.5 Å². The second kappa shape index (κ2) is 9.63. The van der Waals surface area contributed by atoms with Gasteiger partial charge in [-0.3, -0.25) is 5.01 Å². The monoisotopic (exact) mass is 413 g/mol. The van der Waals surface area contributed by atoms with Crippen LogP contribution in [0.1, 0.15) is 30.9 Å². The van der Waals surface area contributed by atoms with Gasteiger partial charge in [-0.15, -0.1) is 10.2 Å². The average Bonchev–Trinajstić information content (AvgIpc) is 3.53. The van der Waals surface area contributed by atoms with Crippen molar-refractivity contribution < 1.29 is 9.15 Å². The minimum atomic E-state index is 0.586. The van der Waals surface area contributed by atoms with Crippen LogP contribution in [0.25, 0.3) is 11.1 Å². The SMILES string of the molecule is CCCCOc1ccc(CN(c2ccc(C#N)c(-c3ccoc3)c2)n2cnnc2)cc1. The molecule has 2 aromatic heterocycles. The molecule has 4 aromatic rings. The fraction of sp³-hybridized carbons (Fsp3) is 0.208. The third-order valence-electron chi connectivity index (χ3n) is 4.96. The summed E-state index contributed by atoms with van der Waals surface area (Å²) in [6, 6.07) is 17.9. The molecule has 0 radical (unpaired) electrons. The van der Waals surface area contributed by atoms with Crippen molar-refractivity contribution in [2.45, 2.75) is 26.3 Å². The van der Waals surface area contributed by atoms with Gasteiger partial charge in [0, 0.05) is 11.1 Å². The van der Waals surface area contributed by atoms with Gasteiger partial charge < -0.3 is 9.15 Å². The summed E-state index contributed by atoms with van der Waals surface area (Å²) in [6.45, 7) is 3.46. The number of hydrogen-bond donors (Lipinski definition) is 0. The highest BCUT2D eigenvalue weighted by molar-refractivity contribution is 5.74. The van der Waals surface area contributed by atoms with Crippen LogP contribution in [-0.4, -0.2) is 21.5 Å². The molecule has 0 aliphatic heterocycles. The first-order chi connectivity index (χ1) is 15.3. The van der Waals surface area contributed by atoms with E-state index in [4.69, 9.17) is 9.15 Å². The van der Waals surface area contributed by atoms with E-state index in [0.717, 1.165) is 47.6 Å². The molecule has 0 fully saturated rings. The Labute approximate surface area is 181 Å². The van der Waals surface area contributed by atoms with Crippen LogP contribution >= 0.6 is 0 Å².